The third-order valence-electron chi connectivity index (χ3n) is 2.79. The molecule has 0 bridgehead atoms. The molecule has 0 fully saturated rings. The van der Waals surface area contributed by atoms with E-state index >= 15 is 0 Å². The first kappa shape index (κ1) is 20.9. The van der Waals surface area contributed by atoms with Crippen molar-refractivity contribution in [3.05, 3.63) is 48.0 Å². The Morgan fingerprint density at radius 1 is 1.40 bits per heavy atom. The van der Waals surface area contributed by atoms with Gasteiger partial charge in [0.15, 0.2) is 0 Å². The van der Waals surface area contributed by atoms with E-state index in [1.165, 1.54) is 18.8 Å². The fraction of sp³-hybridized carbons (Fsp3) is 0.583. The Hall–Kier alpha value is -2.12. The Balaban J connectivity index is 2.54. The van der Waals surface area contributed by atoms with Crippen molar-refractivity contribution in [2.24, 2.45) is 10.6 Å². The predicted molar refractivity (Wildman–Crippen MR) is 96.8 cm³/mol. The molecule has 0 amide bonds. The third kappa shape index (κ3) is 7.53. The second-order valence-electron chi connectivity index (χ2n) is 5.11. The molecule has 11 nitrogen and oxygen atoms in total. The van der Waals surface area contributed by atoms with E-state index in [9.17, 15) is 19.9 Å². The number of nitrogens with zero attached hydrogens (tertiary/aromatic N) is 7. The molecule has 25 heavy (non-hydrogen) atoms. The quantitative estimate of drug-likeness (QED) is 0.229. The molecule has 0 atom stereocenters. The van der Waals surface area contributed by atoms with E-state index in [4.69, 9.17) is 0 Å². The molecule has 0 aromatic carbocycles. The van der Waals surface area contributed by atoms with E-state index in [1.54, 1.807) is 11.3 Å². The maximum Gasteiger partial charge on any atom is 0.278 e. The van der Waals surface area contributed by atoms with Crippen molar-refractivity contribution in [1.82, 2.24) is 19.9 Å². The minimum absolute atomic E-state index is 0.0996. The number of thioether (sulfide) groups is 1. The molecule has 0 saturated heterocycles. The largest absolute Gasteiger partial charge is 0.303 e. The summed E-state index contributed by atoms with van der Waals surface area (Å²) in [6.07, 6.45) is 0.515. The average molecular weight is 389 g/mol. The molecule has 138 valence electrons. The molecule has 0 aliphatic carbocycles. The number of hydrogen-bond donors (Lipinski definition) is 0. The van der Waals surface area contributed by atoms with Gasteiger partial charge in [-0.15, -0.1) is 21.2 Å². The molecular formula is C12H19N7O4S2. The highest BCUT2D eigenvalue weighted by atomic mass is 32.2. The first-order chi connectivity index (χ1) is 11.9. The van der Waals surface area contributed by atoms with E-state index in [2.05, 4.69) is 15.6 Å². The minimum Gasteiger partial charge on any atom is -0.303 e. The summed E-state index contributed by atoms with van der Waals surface area (Å²) in [5, 5.41) is 20.4. The number of hydrogen-bond acceptors (Lipinski definition) is 10. The summed E-state index contributed by atoms with van der Waals surface area (Å²) >= 11 is 3.09. The fourth-order valence-corrected chi connectivity index (χ4v) is 3.56. The zero-order valence-corrected chi connectivity index (χ0v) is 15.7. The second-order valence-corrected chi connectivity index (χ2v) is 7.15. The summed E-state index contributed by atoms with van der Waals surface area (Å²) in [7, 11) is 5.14. The highest BCUT2D eigenvalue weighted by molar-refractivity contribution is 7.98. The average Bonchev–Trinajstić information content (AvgIpc) is 2.98. The van der Waals surface area contributed by atoms with Gasteiger partial charge >= 0.3 is 0 Å². The van der Waals surface area contributed by atoms with Gasteiger partial charge in [0.25, 0.3) is 6.20 Å². The molecule has 13 heteroatoms. The molecule has 1 aromatic rings. The van der Waals surface area contributed by atoms with Crippen molar-refractivity contribution in [3.63, 3.8) is 0 Å². The zero-order chi connectivity index (χ0) is 18.8. The van der Waals surface area contributed by atoms with Crippen LogP contribution in [0.3, 0.4) is 0 Å². The first-order valence-corrected chi connectivity index (χ1v) is 9.09. The molecule has 1 aromatic heterocycles. The molecule has 0 radical (unpaired) electrons. The van der Waals surface area contributed by atoms with Crippen LogP contribution in [0.2, 0.25) is 0 Å². The second kappa shape index (κ2) is 10.7. The van der Waals surface area contributed by atoms with Crippen LogP contribution in [-0.4, -0.2) is 58.3 Å². The summed E-state index contributed by atoms with van der Waals surface area (Å²) in [6, 6.07) is 0. The Labute approximate surface area is 152 Å². The lowest BCUT2D eigenvalue weighted by atomic mass is 10.5. The van der Waals surface area contributed by atoms with Gasteiger partial charge in [-0.05, 0) is 14.1 Å². The van der Waals surface area contributed by atoms with E-state index < -0.39 is 4.92 Å². The van der Waals surface area contributed by atoms with E-state index in [-0.39, 0.29) is 12.4 Å². The van der Waals surface area contributed by atoms with Crippen molar-refractivity contribution in [3.8, 4) is 0 Å². The number of rotatable bonds is 12. The summed E-state index contributed by atoms with van der Waals surface area (Å²) in [6.45, 7) is 0.876. The van der Waals surface area contributed by atoms with Crippen molar-refractivity contribution in [1.29, 1.82) is 0 Å². The predicted octanol–water partition coefficient (Wildman–Crippen LogP) is 2.11. The van der Waals surface area contributed by atoms with Crippen molar-refractivity contribution < 1.29 is 4.92 Å². The molecule has 0 saturated carbocycles. The molecule has 0 N–H and O–H groups in total. The van der Waals surface area contributed by atoms with Gasteiger partial charge in [0.05, 0.1) is 27.7 Å². The fourth-order valence-electron chi connectivity index (χ4n) is 1.74. The van der Waals surface area contributed by atoms with Crippen LogP contribution in [0.15, 0.2) is 28.0 Å². The first-order valence-electron chi connectivity index (χ1n) is 7.06. The monoisotopic (exact) mass is 389 g/mol. The Morgan fingerprint density at radius 2 is 2.12 bits per heavy atom. The third-order valence-corrected chi connectivity index (χ3v) is 4.64. The molecule has 0 aliphatic rings. The number of aromatic nitrogens is 1. The molecule has 0 aliphatic heterocycles. The smallest absolute Gasteiger partial charge is 0.278 e. The summed E-state index contributed by atoms with van der Waals surface area (Å²) < 4.78 is 0. The minimum atomic E-state index is -0.774. The van der Waals surface area contributed by atoms with Crippen LogP contribution in [-0.2, 0) is 12.3 Å². The van der Waals surface area contributed by atoms with Crippen molar-refractivity contribution >= 4 is 23.1 Å². The number of nitro groups is 1. The summed E-state index contributed by atoms with van der Waals surface area (Å²) in [5.74, 6) is 0.818. The highest BCUT2D eigenvalue weighted by Crippen LogP contribution is 2.18. The lowest BCUT2D eigenvalue weighted by Gasteiger charge is -2.19. The van der Waals surface area contributed by atoms with Crippen molar-refractivity contribution in [2.75, 3.05) is 33.4 Å². The lowest BCUT2D eigenvalue weighted by Crippen LogP contribution is -2.28. The van der Waals surface area contributed by atoms with E-state index in [1.807, 2.05) is 24.4 Å². The SMILES string of the molecule is CN(C)Cc1nc(CSCCN(N=O)/C(=C/[N+](=O)[O-])N(C)N=O)cs1. The summed E-state index contributed by atoms with van der Waals surface area (Å²) in [5.41, 5.74) is 0.935. The highest BCUT2D eigenvalue weighted by Gasteiger charge is 2.19. The van der Waals surface area contributed by atoms with Crippen LogP contribution in [0.1, 0.15) is 10.7 Å². The lowest BCUT2D eigenvalue weighted by molar-refractivity contribution is -0.405. The summed E-state index contributed by atoms with van der Waals surface area (Å²) in [4.78, 5) is 37.9. The molecule has 0 spiro atoms. The molecule has 1 heterocycles. The van der Waals surface area contributed by atoms with Crippen LogP contribution in [0, 0.1) is 19.9 Å². The number of nitroso groups, excluding NO2 is 2. The topological polar surface area (TPSA) is 125 Å². The van der Waals surface area contributed by atoms with Gasteiger partial charge in [-0.3, -0.25) is 10.1 Å². The maximum absolute atomic E-state index is 10.9. The van der Waals surface area contributed by atoms with Gasteiger partial charge in [0.2, 0.25) is 5.82 Å². The van der Waals surface area contributed by atoms with Crippen molar-refractivity contribution in [2.45, 2.75) is 12.3 Å². The Kier molecular flexibility index (Phi) is 8.94. The van der Waals surface area contributed by atoms with Crippen LogP contribution >= 0.6 is 23.1 Å². The maximum atomic E-state index is 10.9. The Morgan fingerprint density at radius 3 is 2.68 bits per heavy atom. The van der Waals surface area contributed by atoms with Crippen LogP contribution in [0.25, 0.3) is 0 Å². The van der Waals surface area contributed by atoms with Gasteiger partial charge < -0.3 is 4.90 Å². The van der Waals surface area contributed by atoms with Crippen LogP contribution < -0.4 is 0 Å². The molecule has 0 unspecified atom stereocenters. The van der Waals surface area contributed by atoms with E-state index in [0.717, 1.165) is 22.3 Å². The molecule has 1 rings (SSSR count). The van der Waals surface area contributed by atoms with Gasteiger partial charge in [-0.25, -0.2) is 15.0 Å². The molecular weight excluding hydrogens is 370 g/mol. The number of thiazole rings is 1. The van der Waals surface area contributed by atoms with Crippen LogP contribution in [0.4, 0.5) is 0 Å². The van der Waals surface area contributed by atoms with E-state index in [0.29, 0.717) is 22.7 Å². The van der Waals surface area contributed by atoms with Gasteiger partial charge in [-0.2, -0.15) is 11.8 Å². The Bertz CT molecular complexity index is 622. The van der Waals surface area contributed by atoms with Crippen LogP contribution in [0.5, 0.6) is 0 Å². The zero-order valence-electron chi connectivity index (χ0n) is 14.1. The standard InChI is InChI=1S/C12H19N7O4S2/c1-16(2)6-11-13-10(9-25-11)8-24-5-4-18(15-21)12(7-19(22)23)17(3)14-20/h7,9H,4-6,8H2,1-3H3/b12-7+. The van der Waals surface area contributed by atoms with Gasteiger partial charge in [0.1, 0.15) is 5.01 Å². The van der Waals surface area contributed by atoms with Gasteiger partial charge in [0, 0.05) is 30.5 Å². The normalized spacial score (nSPS) is 11.4. The van der Waals surface area contributed by atoms with Gasteiger partial charge in [-0.1, -0.05) is 0 Å².